The van der Waals surface area contributed by atoms with Crippen LogP contribution in [0.25, 0.3) is 0 Å². The molecule has 2 aliphatic rings. The summed E-state index contributed by atoms with van der Waals surface area (Å²) in [5.74, 6) is -2.36. The van der Waals surface area contributed by atoms with Gasteiger partial charge in [0.1, 0.15) is 49.8 Å². The van der Waals surface area contributed by atoms with E-state index in [4.69, 9.17) is 52.1 Å². The summed E-state index contributed by atoms with van der Waals surface area (Å²) >= 11 is 0. The summed E-state index contributed by atoms with van der Waals surface area (Å²) in [5.41, 5.74) is 3.60. The molecule has 5 aromatic rings. The second-order valence-electron chi connectivity index (χ2n) is 17.1. The van der Waals surface area contributed by atoms with Gasteiger partial charge in [-0.05, 0) is 39.9 Å². The number of benzene rings is 5. The van der Waals surface area contributed by atoms with Crippen LogP contribution in [0.2, 0.25) is 0 Å². The number of carbonyl (C=O) groups excluding carboxylic acids is 4. The molecule has 1 amide bonds. The van der Waals surface area contributed by atoms with Gasteiger partial charge in [-0.1, -0.05) is 121 Å². The molecule has 10 atom stereocenters. The van der Waals surface area contributed by atoms with Crippen LogP contribution in [0, 0.1) is 10.1 Å². The van der Waals surface area contributed by atoms with Crippen molar-refractivity contribution in [3.63, 3.8) is 0 Å². The number of nitro benzene ring substituents is 1. The molecule has 1 N–H and O–H groups in total. The van der Waals surface area contributed by atoms with Gasteiger partial charge in [0.2, 0.25) is 0 Å². The Morgan fingerprint density at radius 3 is 1.48 bits per heavy atom. The largest absolute Gasteiger partial charge is 0.463 e. The fourth-order valence-electron chi connectivity index (χ4n) is 8.20. The Morgan fingerprint density at radius 2 is 0.959 bits per heavy atom. The van der Waals surface area contributed by atoms with Gasteiger partial charge in [-0.3, -0.25) is 24.5 Å². The number of nitrogens with one attached hydrogen (secondary N) is 1. The van der Waals surface area contributed by atoms with E-state index in [2.05, 4.69) is 5.32 Å². The second-order valence-corrected chi connectivity index (χ2v) is 17.1. The average Bonchev–Trinajstić information content (AvgIpc) is 3.39. The molecular weight excluding hydrogens is 949 g/mol. The van der Waals surface area contributed by atoms with Crippen LogP contribution in [-0.2, 0) is 99.5 Å². The van der Waals surface area contributed by atoms with Gasteiger partial charge >= 0.3 is 24.0 Å². The molecule has 19 nitrogen and oxygen atoms in total. The zero-order valence-corrected chi connectivity index (χ0v) is 40.5. The van der Waals surface area contributed by atoms with Gasteiger partial charge in [-0.25, -0.2) is 4.79 Å². The fraction of sp³-hybridized carbons (Fsp3) is 0.370. The minimum Gasteiger partial charge on any atom is -0.463 e. The number of hydrogen-bond acceptors (Lipinski definition) is 17. The van der Waals surface area contributed by atoms with Crippen LogP contribution in [0.15, 0.2) is 146 Å². The number of nitrogens with zero attached hydrogens (tertiary/aromatic N) is 1. The second kappa shape index (κ2) is 27.1. The van der Waals surface area contributed by atoms with Crippen LogP contribution >= 0.6 is 0 Å². The van der Waals surface area contributed by atoms with Crippen molar-refractivity contribution in [1.82, 2.24) is 5.32 Å². The topological polar surface area (TPSA) is 225 Å². The van der Waals surface area contributed by atoms with Gasteiger partial charge < -0.3 is 57.4 Å². The Kier molecular flexibility index (Phi) is 19.9. The number of non-ortho nitro benzene ring substituents is 1. The molecular formula is C54H58N2O17. The molecule has 0 aliphatic carbocycles. The van der Waals surface area contributed by atoms with E-state index in [1.165, 1.54) is 31.2 Å². The first-order valence-electron chi connectivity index (χ1n) is 23.6. The van der Waals surface area contributed by atoms with E-state index in [1.54, 1.807) is 0 Å². The molecule has 0 bridgehead atoms. The lowest BCUT2D eigenvalue weighted by molar-refractivity contribution is -0.384. The van der Waals surface area contributed by atoms with Crippen molar-refractivity contribution in [2.24, 2.45) is 0 Å². The summed E-state index contributed by atoms with van der Waals surface area (Å²) in [4.78, 5) is 62.7. The molecule has 7 rings (SSSR count). The molecule has 0 saturated carbocycles. The zero-order chi connectivity index (χ0) is 51.5. The highest BCUT2D eigenvalue weighted by molar-refractivity contribution is 5.69. The SMILES string of the molecule is CC(=O)OC[C@H]1O[C@@H](O[C@H]2[C@H](OCc3ccccc3)[C@@H](OCc3ccccc3)[C@H](OCc3ccccc3)O[C@@H]2COCc2ccccc2)[C@H](NC(=O)OCc2ccc([N+](=O)[O-])cc2)[C@@H](OC(C)=O)[C@@H]1OC(C)=O. The summed E-state index contributed by atoms with van der Waals surface area (Å²) in [6, 6.07) is 41.7. The van der Waals surface area contributed by atoms with Crippen LogP contribution in [-0.4, -0.2) is 103 Å². The summed E-state index contributed by atoms with van der Waals surface area (Å²) < 4.78 is 69.7. The first-order chi connectivity index (χ1) is 35.4. The summed E-state index contributed by atoms with van der Waals surface area (Å²) in [7, 11) is 0. The van der Waals surface area contributed by atoms with E-state index in [-0.39, 0.29) is 45.3 Å². The third-order valence-corrected chi connectivity index (χ3v) is 11.6. The van der Waals surface area contributed by atoms with Gasteiger partial charge in [-0.15, -0.1) is 0 Å². The molecule has 19 heteroatoms. The number of nitro groups is 1. The zero-order valence-electron chi connectivity index (χ0n) is 40.5. The van der Waals surface area contributed by atoms with Gasteiger partial charge in [-0.2, -0.15) is 0 Å². The molecule has 2 aliphatic heterocycles. The van der Waals surface area contributed by atoms with Crippen molar-refractivity contribution in [1.29, 1.82) is 0 Å². The van der Waals surface area contributed by atoms with Crippen molar-refractivity contribution in [3.8, 4) is 0 Å². The lowest BCUT2D eigenvalue weighted by atomic mass is 9.94. The van der Waals surface area contributed by atoms with Crippen LogP contribution in [0.1, 0.15) is 48.6 Å². The van der Waals surface area contributed by atoms with Gasteiger partial charge in [0.05, 0.1) is 38.0 Å². The highest BCUT2D eigenvalue weighted by Gasteiger charge is 2.56. The summed E-state index contributed by atoms with van der Waals surface area (Å²) in [6.07, 6.45) is -12.7. The van der Waals surface area contributed by atoms with E-state index in [1.807, 2.05) is 121 Å². The maximum absolute atomic E-state index is 13.9. The minimum absolute atomic E-state index is 0.0431. The number of alkyl carbamates (subject to hydrolysis) is 1. The Balaban J connectivity index is 1.30. The monoisotopic (exact) mass is 1010 g/mol. The van der Waals surface area contributed by atoms with Crippen molar-refractivity contribution in [2.75, 3.05) is 13.2 Å². The number of rotatable bonds is 23. The number of ether oxygens (including phenoxy) is 11. The maximum atomic E-state index is 13.9. The van der Waals surface area contributed by atoms with Gasteiger partial charge in [0.15, 0.2) is 24.8 Å². The molecule has 2 saturated heterocycles. The number of amides is 1. The molecule has 2 heterocycles. The molecule has 386 valence electrons. The summed E-state index contributed by atoms with van der Waals surface area (Å²) in [6.45, 7) is 2.84. The predicted octanol–water partition coefficient (Wildman–Crippen LogP) is 7.06. The van der Waals surface area contributed by atoms with Crippen molar-refractivity contribution in [2.45, 2.75) is 115 Å². The van der Waals surface area contributed by atoms with Crippen LogP contribution in [0.3, 0.4) is 0 Å². The van der Waals surface area contributed by atoms with E-state index in [9.17, 15) is 29.3 Å². The first kappa shape index (κ1) is 53.7. The van der Waals surface area contributed by atoms with Crippen molar-refractivity contribution >= 4 is 29.7 Å². The number of esters is 3. The maximum Gasteiger partial charge on any atom is 0.407 e. The standard InChI is InChI=1S/C54H58N2O17/c1-35(57)64-34-45-47(69-36(2)58)49(70-37(3)59)46(55-54(60)68-32-42-24-26-43(27-25-42)56(61)62)52(71-45)73-48-44(33-63-28-38-16-8-4-9-17-38)72-53(67-31-41-22-14-7-15-23-41)51(66-30-40-20-12-6-13-21-40)50(48)65-29-39-18-10-5-11-19-39/h4-27,44-53H,28-34H2,1-3H3,(H,55,60)/t44-,45-,46-,47-,48-,49-,50+,51-,52+,53-/m1/s1. The number of carbonyl (C=O) groups is 4. The Morgan fingerprint density at radius 1 is 0.493 bits per heavy atom. The smallest absolute Gasteiger partial charge is 0.407 e. The molecule has 0 unspecified atom stereocenters. The van der Waals surface area contributed by atoms with E-state index in [0.29, 0.717) is 5.56 Å². The Labute approximate surface area is 422 Å². The Hall–Kier alpha value is -7.10. The molecule has 2 fully saturated rings. The average molecular weight is 1010 g/mol. The van der Waals surface area contributed by atoms with Gasteiger partial charge in [0, 0.05) is 32.9 Å². The Bertz CT molecular complexity index is 2520. The third-order valence-electron chi connectivity index (χ3n) is 11.6. The quantitative estimate of drug-likeness (QED) is 0.0299. The lowest BCUT2D eigenvalue weighted by Gasteiger charge is -2.49. The van der Waals surface area contributed by atoms with Crippen LogP contribution < -0.4 is 5.32 Å². The first-order valence-corrected chi connectivity index (χ1v) is 23.6. The third kappa shape index (κ3) is 16.2. The van der Waals surface area contributed by atoms with Gasteiger partial charge in [0.25, 0.3) is 5.69 Å². The number of hydrogen-bond donors (Lipinski definition) is 1. The highest BCUT2D eigenvalue weighted by Crippen LogP contribution is 2.36. The van der Waals surface area contributed by atoms with Crippen LogP contribution in [0.4, 0.5) is 10.5 Å². The van der Waals surface area contributed by atoms with Crippen molar-refractivity contribution < 1.29 is 76.2 Å². The fourth-order valence-corrected chi connectivity index (χ4v) is 8.20. The summed E-state index contributed by atoms with van der Waals surface area (Å²) in [5, 5.41) is 14.0. The van der Waals surface area contributed by atoms with Crippen LogP contribution in [0.5, 0.6) is 0 Å². The van der Waals surface area contributed by atoms with E-state index >= 15 is 0 Å². The molecule has 0 spiro atoms. The van der Waals surface area contributed by atoms with Crippen molar-refractivity contribution in [3.05, 3.63) is 184 Å². The highest BCUT2D eigenvalue weighted by atomic mass is 16.8. The lowest BCUT2D eigenvalue weighted by Crippen LogP contribution is -2.69. The molecule has 0 radical (unpaired) electrons. The van der Waals surface area contributed by atoms with E-state index < -0.39 is 96.9 Å². The molecule has 0 aromatic heterocycles. The predicted molar refractivity (Wildman–Crippen MR) is 258 cm³/mol. The van der Waals surface area contributed by atoms with E-state index in [0.717, 1.165) is 36.1 Å². The minimum atomic E-state index is -1.66. The molecule has 5 aromatic carbocycles. The molecule has 73 heavy (non-hydrogen) atoms. The normalized spacial score (nSPS) is 23.6.